The Labute approximate surface area is 102 Å². The largest absolute Gasteiger partial charge is 0.416 e. The van der Waals surface area contributed by atoms with Crippen LogP contribution in [0.4, 0.5) is 13.2 Å². The first-order chi connectivity index (χ1) is 8.38. The predicted octanol–water partition coefficient (Wildman–Crippen LogP) is 1.64. The number of benzene rings is 1. The van der Waals surface area contributed by atoms with Gasteiger partial charge in [0.05, 0.1) is 11.6 Å². The van der Waals surface area contributed by atoms with Crippen LogP contribution in [0.2, 0.25) is 0 Å². The highest BCUT2D eigenvalue weighted by molar-refractivity contribution is 5.80. The van der Waals surface area contributed by atoms with Crippen molar-refractivity contribution in [3.05, 3.63) is 35.4 Å². The molecule has 1 heterocycles. The van der Waals surface area contributed by atoms with E-state index in [-0.39, 0.29) is 5.92 Å². The number of carbonyl (C=O) groups excluding carboxylic acids is 1. The molecule has 0 bridgehead atoms. The first-order valence-corrected chi connectivity index (χ1v) is 5.58. The summed E-state index contributed by atoms with van der Waals surface area (Å²) in [5.41, 5.74) is 5.30. The third-order valence-electron chi connectivity index (χ3n) is 3.18. The lowest BCUT2D eigenvalue weighted by atomic mass is 9.95. The number of hydrogen-bond acceptors (Lipinski definition) is 2. The molecule has 6 heteroatoms. The molecule has 1 fully saturated rings. The normalized spacial score (nSPS) is 24.2. The molecule has 3 N–H and O–H groups in total. The number of nitrogens with two attached hydrogens (primary N) is 1. The Morgan fingerprint density at radius 3 is 2.33 bits per heavy atom. The Balaban J connectivity index is 2.10. The first-order valence-electron chi connectivity index (χ1n) is 5.58. The van der Waals surface area contributed by atoms with Crippen LogP contribution in [0.25, 0.3) is 0 Å². The van der Waals surface area contributed by atoms with E-state index in [1.807, 2.05) is 0 Å². The lowest BCUT2D eigenvalue weighted by molar-refractivity contribution is -0.137. The second-order valence-corrected chi connectivity index (χ2v) is 4.42. The van der Waals surface area contributed by atoms with Crippen LogP contribution in [0.1, 0.15) is 23.5 Å². The molecule has 0 radical (unpaired) electrons. The zero-order valence-corrected chi connectivity index (χ0v) is 9.50. The first kappa shape index (κ1) is 12.9. The van der Waals surface area contributed by atoms with E-state index < -0.39 is 23.7 Å². The van der Waals surface area contributed by atoms with Gasteiger partial charge in [-0.2, -0.15) is 13.2 Å². The standard InChI is InChI=1S/C12H13F3N2O/c13-12(14,15)9-3-1-7(2-4-9)8-5-10(11(16)18)17-6-8/h1-4,8,10,17H,5-6H2,(H2,16,18). The average Bonchev–Trinajstić information content (AvgIpc) is 2.77. The van der Waals surface area contributed by atoms with Gasteiger partial charge < -0.3 is 11.1 Å². The maximum Gasteiger partial charge on any atom is 0.416 e. The number of amides is 1. The maximum atomic E-state index is 12.4. The summed E-state index contributed by atoms with van der Waals surface area (Å²) in [6.07, 6.45) is -3.79. The van der Waals surface area contributed by atoms with Crippen molar-refractivity contribution in [1.82, 2.24) is 5.32 Å². The molecule has 1 amide bonds. The summed E-state index contributed by atoms with van der Waals surface area (Å²) in [5, 5.41) is 2.95. The smallest absolute Gasteiger partial charge is 0.368 e. The zero-order chi connectivity index (χ0) is 13.3. The van der Waals surface area contributed by atoms with Crippen molar-refractivity contribution in [2.45, 2.75) is 24.6 Å². The van der Waals surface area contributed by atoms with Gasteiger partial charge in [0.2, 0.25) is 5.91 Å². The van der Waals surface area contributed by atoms with Crippen LogP contribution in [0.3, 0.4) is 0 Å². The summed E-state index contributed by atoms with van der Waals surface area (Å²) in [6, 6.07) is 4.65. The number of alkyl halides is 3. The zero-order valence-electron chi connectivity index (χ0n) is 9.50. The van der Waals surface area contributed by atoms with E-state index in [4.69, 9.17) is 5.73 Å². The van der Waals surface area contributed by atoms with Crippen molar-refractivity contribution in [3.8, 4) is 0 Å². The van der Waals surface area contributed by atoms with Crippen molar-refractivity contribution in [2.24, 2.45) is 5.73 Å². The SMILES string of the molecule is NC(=O)C1CC(c2ccc(C(F)(F)F)cc2)CN1. The van der Waals surface area contributed by atoms with E-state index in [1.54, 1.807) is 0 Å². The van der Waals surface area contributed by atoms with Crippen LogP contribution in [0, 0.1) is 0 Å². The summed E-state index contributed by atoms with van der Waals surface area (Å²) in [6.45, 7) is 0.555. The van der Waals surface area contributed by atoms with Gasteiger partial charge in [-0.25, -0.2) is 0 Å². The molecule has 2 rings (SSSR count). The molecule has 1 aromatic rings. The Kier molecular flexibility index (Phi) is 3.30. The van der Waals surface area contributed by atoms with E-state index in [2.05, 4.69) is 5.32 Å². The van der Waals surface area contributed by atoms with Crippen molar-refractivity contribution in [2.75, 3.05) is 6.54 Å². The summed E-state index contributed by atoms with van der Waals surface area (Å²) in [7, 11) is 0. The van der Waals surface area contributed by atoms with Crippen LogP contribution < -0.4 is 11.1 Å². The molecular formula is C12H13F3N2O. The highest BCUT2D eigenvalue weighted by Crippen LogP contribution is 2.31. The second-order valence-electron chi connectivity index (χ2n) is 4.42. The van der Waals surface area contributed by atoms with Gasteiger partial charge in [0.25, 0.3) is 0 Å². The van der Waals surface area contributed by atoms with Gasteiger partial charge in [0.1, 0.15) is 0 Å². The lowest BCUT2D eigenvalue weighted by Crippen LogP contribution is -2.36. The summed E-state index contributed by atoms with van der Waals surface area (Å²) < 4.78 is 37.2. The summed E-state index contributed by atoms with van der Waals surface area (Å²) >= 11 is 0. The minimum atomic E-state index is -4.32. The highest BCUT2D eigenvalue weighted by Gasteiger charge is 2.32. The van der Waals surface area contributed by atoms with E-state index in [9.17, 15) is 18.0 Å². The third-order valence-corrected chi connectivity index (χ3v) is 3.18. The number of primary amides is 1. The molecule has 1 aliphatic rings. The minimum Gasteiger partial charge on any atom is -0.368 e. The van der Waals surface area contributed by atoms with Crippen molar-refractivity contribution in [3.63, 3.8) is 0 Å². The quantitative estimate of drug-likeness (QED) is 0.847. The van der Waals surface area contributed by atoms with Crippen LogP contribution in [0.15, 0.2) is 24.3 Å². The number of nitrogens with one attached hydrogen (secondary N) is 1. The van der Waals surface area contributed by atoms with Crippen molar-refractivity contribution < 1.29 is 18.0 Å². The molecular weight excluding hydrogens is 245 g/mol. The molecule has 2 atom stereocenters. The molecule has 0 aliphatic carbocycles. The van der Waals surface area contributed by atoms with E-state index in [1.165, 1.54) is 12.1 Å². The van der Waals surface area contributed by atoms with E-state index in [0.717, 1.165) is 17.7 Å². The molecule has 18 heavy (non-hydrogen) atoms. The van der Waals surface area contributed by atoms with Gasteiger partial charge in [-0.3, -0.25) is 4.79 Å². The Morgan fingerprint density at radius 1 is 1.28 bits per heavy atom. The molecule has 1 aromatic carbocycles. The summed E-state index contributed by atoms with van der Waals surface area (Å²) in [5.74, 6) is -0.394. The van der Waals surface area contributed by atoms with Crippen LogP contribution in [-0.4, -0.2) is 18.5 Å². The van der Waals surface area contributed by atoms with Gasteiger partial charge in [0.15, 0.2) is 0 Å². The molecule has 3 nitrogen and oxygen atoms in total. The van der Waals surface area contributed by atoms with Crippen LogP contribution >= 0.6 is 0 Å². The molecule has 1 saturated heterocycles. The molecule has 1 aliphatic heterocycles. The average molecular weight is 258 g/mol. The van der Waals surface area contributed by atoms with Gasteiger partial charge in [-0.05, 0) is 30.0 Å². The lowest BCUT2D eigenvalue weighted by Gasteiger charge is -2.11. The predicted molar refractivity (Wildman–Crippen MR) is 59.8 cm³/mol. The number of carbonyl (C=O) groups is 1. The third kappa shape index (κ3) is 2.64. The fraction of sp³-hybridized carbons (Fsp3) is 0.417. The number of halogens is 3. The molecule has 0 aromatic heterocycles. The Bertz CT molecular complexity index is 442. The Morgan fingerprint density at radius 2 is 1.89 bits per heavy atom. The van der Waals surface area contributed by atoms with Crippen LogP contribution in [-0.2, 0) is 11.0 Å². The Hall–Kier alpha value is -1.56. The molecule has 98 valence electrons. The monoisotopic (exact) mass is 258 g/mol. The van der Waals surface area contributed by atoms with Crippen molar-refractivity contribution in [1.29, 1.82) is 0 Å². The topological polar surface area (TPSA) is 55.1 Å². The molecule has 2 unspecified atom stereocenters. The van der Waals surface area contributed by atoms with E-state index >= 15 is 0 Å². The molecule has 0 saturated carbocycles. The minimum absolute atomic E-state index is 0.0322. The van der Waals surface area contributed by atoms with Crippen LogP contribution in [0.5, 0.6) is 0 Å². The highest BCUT2D eigenvalue weighted by atomic mass is 19.4. The van der Waals surface area contributed by atoms with Gasteiger partial charge in [-0.1, -0.05) is 12.1 Å². The fourth-order valence-corrected chi connectivity index (χ4v) is 2.15. The maximum absolute atomic E-state index is 12.4. The molecule has 0 spiro atoms. The van der Waals surface area contributed by atoms with Gasteiger partial charge >= 0.3 is 6.18 Å². The second kappa shape index (κ2) is 4.61. The number of hydrogen-bond donors (Lipinski definition) is 2. The number of rotatable bonds is 2. The van der Waals surface area contributed by atoms with Gasteiger partial charge in [0, 0.05) is 6.54 Å². The van der Waals surface area contributed by atoms with Crippen molar-refractivity contribution >= 4 is 5.91 Å². The fourth-order valence-electron chi connectivity index (χ4n) is 2.15. The van der Waals surface area contributed by atoms with E-state index in [0.29, 0.717) is 13.0 Å². The summed E-state index contributed by atoms with van der Waals surface area (Å²) in [4.78, 5) is 11.0. The van der Waals surface area contributed by atoms with Gasteiger partial charge in [-0.15, -0.1) is 0 Å².